The number of hydrogen-bond donors (Lipinski definition) is 1. The number of benzene rings is 1. The van der Waals surface area contributed by atoms with Gasteiger partial charge in [-0.2, -0.15) is 0 Å². The number of hydrogen-bond acceptors (Lipinski definition) is 7. The van der Waals surface area contributed by atoms with Crippen LogP contribution in [0.5, 0.6) is 5.75 Å². The van der Waals surface area contributed by atoms with Gasteiger partial charge in [0.2, 0.25) is 5.89 Å². The fraction of sp³-hybridized carbons (Fsp3) is 0.385. The summed E-state index contributed by atoms with van der Waals surface area (Å²) in [6, 6.07) is 5.89. The molecule has 1 aromatic heterocycles. The molecule has 1 saturated heterocycles. The van der Waals surface area contributed by atoms with E-state index in [2.05, 4.69) is 10.2 Å². The molecule has 7 heteroatoms. The lowest BCUT2D eigenvalue weighted by atomic mass is 10.2. The molecule has 2 aromatic rings. The lowest BCUT2D eigenvalue weighted by Gasteiger charge is -2.24. The molecule has 7 nitrogen and oxygen atoms in total. The molecule has 0 amide bonds. The molecule has 0 radical (unpaired) electrons. The van der Waals surface area contributed by atoms with Crippen LogP contribution in [0.3, 0.4) is 0 Å². The fourth-order valence-corrected chi connectivity index (χ4v) is 2.08. The Labute approximate surface area is 116 Å². The van der Waals surface area contributed by atoms with Gasteiger partial charge in [0.15, 0.2) is 0 Å². The summed E-state index contributed by atoms with van der Waals surface area (Å²) in [6.45, 7) is 2.86. The number of ether oxygens (including phenoxy) is 2. The van der Waals surface area contributed by atoms with Crippen LogP contribution in [0, 0.1) is 0 Å². The summed E-state index contributed by atoms with van der Waals surface area (Å²) in [5, 5.41) is 8.13. The molecule has 0 atom stereocenters. The van der Waals surface area contributed by atoms with Gasteiger partial charge >= 0.3 is 6.01 Å². The number of morpholine rings is 1. The van der Waals surface area contributed by atoms with Crippen molar-refractivity contribution in [3.8, 4) is 17.2 Å². The summed E-state index contributed by atoms with van der Waals surface area (Å²) in [4.78, 5) is 2.01. The highest BCUT2D eigenvalue weighted by Crippen LogP contribution is 2.29. The molecule has 106 valence electrons. The normalized spacial score (nSPS) is 15.3. The highest BCUT2D eigenvalue weighted by atomic mass is 16.5. The lowest BCUT2D eigenvalue weighted by molar-refractivity contribution is 0.120. The third-order valence-corrected chi connectivity index (χ3v) is 3.17. The first kappa shape index (κ1) is 12.7. The summed E-state index contributed by atoms with van der Waals surface area (Å²) in [5.74, 6) is 1.07. The van der Waals surface area contributed by atoms with Crippen LogP contribution < -0.4 is 15.4 Å². The Bertz CT molecular complexity index is 593. The van der Waals surface area contributed by atoms with Gasteiger partial charge < -0.3 is 24.5 Å². The van der Waals surface area contributed by atoms with E-state index in [-0.39, 0.29) is 0 Å². The predicted octanol–water partition coefficient (Wildman–Crippen LogP) is 1.16. The van der Waals surface area contributed by atoms with Crippen LogP contribution in [-0.4, -0.2) is 43.6 Å². The highest BCUT2D eigenvalue weighted by molar-refractivity contribution is 5.65. The van der Waals surface area contributed by atoms with Crippen molar-refractivity contribution >= 4 is 11.7 Å². The first-order chi connectivity index (χ1) is 9.78. The maximum Gasteiger partial charge on any atom is 0.318 e. The van der Waals surface area contributed by atoms with Crippen molar-refractivity contribution in [1.29, 1.82) is 0 Å². The summed E-state index contributed by atoms with van der Waals surface area (Å²) in [5.41, 5.74) is 7.19. The van der Waals surface area contributed by atoms with E-state index < -0.39 is 0 Å². The monoisotopic (exact) mass is 276 g/mol. The van der Waals surface area contributed by atoms with Gasteiger partial charge in [-0.05, 0) is 18.2 Å². The molecular weight excluding hydrogens is 260 g/mol. The fourth-order valence-electron chi connectivity index (χ4n) is 2.08. The van der Waals surface area contributed by atoms with Crippen LogP contribution in [0.15, 0.2) is 22.6 Å². The van der Waals surface area contributed by atoms with Gasteiger partial charge in [-0.15, -0.1) is 5.10 Å². The number of nitrogens with zero attached hydrogens (tertiary/aromatic N) is 3. The van der Waals surface area contributed by atoms with E-state index in [4.69, 9.17) is 19.6 Å². The molecule has 0 saturated carbocycles. The first-order valence-corrected chi connectivity index (χ1v) is 6.38. The molecular formula is C13H16N4O3. The zero-order valence-corrected chi connectivity index (χ0v) is 11.2. The van der Waals surface area contributed by atoms with Crippen molar-refractivity contribution < 1.29 is 13.9 Å². The molecule has 0 spiro atoms. The zero-order chi connectivity index (χ0) is 13.9. The molecule has 0 bridgehead atoms. The van der Waals surface area contributed by atoms with Crippen molar-refractivity contribution in [2.75, 3.05) is 44.0 Å². The maximum atomic E-state index is 5.88. The van der Waals surface area contributed by atoms with E-state index in [9.17, 15) is 0 Å². The van der Waals surface area contributed by atoms with Crippen LogP contribution >= 0.6 is 0 Å². The minimum atomic E-state index is 0.445. The first-order valence-electron chi connectivity index (χ1n) is 6.38. The van der Waals surface area contributed by atoms with Crippen LogP contribution in [0.25, 0.3) is 11.5 Å². The number of nitrogens with two attached hydrogens (primary N) is 1. The number of methoxy groups -OCH3 is 1. The second-order valence-corrected chi connectivity index (χ2v) is 4.45. The Morgan fingerprint density at radius 1 is 1.25 bits per heavy atom. The summed E-state index contributed by atoms with van der Waals surface area (Å²) in [7, 11) is 1.58. The minimum absolute atomic E-state index is 0.445. The van der Waals surface area contributed by atoms with Gasteiger partial charge in [-0.25, -0.2) is 0 Å². The van der Waals surface area contributed by atoms with Gasteiger partial charge in [-0.1, -0.05) is 5.10 Å². The average molecular weight is 276 g/mol. The second-order valence-electron chi connectivity index (χ2n) is 4.45. The average Bonchev–Trinajstić information content (AvgIpc) is 2.98. The Morgan fingerprint density at radius 3 is 2.75 bits per heavy atom. The van der Waals surface area contributed by atoms with E-state index in [1.807, 2.05) is 11.0 Å². The molecule has 1 aliphatic rings. The number of anilines is 2. The van der Waals surface area contributed by atoms with Gasteiger partial charge in [0.25, 0.3) is 0 Å². The van der Waals surface area contributed by atoms with Crippen LogP contribution in [0.4, 0.5) is 11.7 Å². The molecule has 2 heterocycles. The Hall–Kier alpha value is -2.28. The van der Waals surface area contributed by atoms with Gasteiger partial charge in [0, 0.05) is 18.7 Å². The quantitative estimate of drug-likeness (QED) is 0.842. The Kier molecular flexibility index (Phi) is 3.42. The van der Waals surface area contributed by atoms with Crippen molar-refractivity contribution in [2.45, 2.75) is 0 Å². The molecule has 20 heavy (non-hydrogen) atoms. The van der Waals surface area contributed by atoms with E-state index in [0.717, 1.165) is 18.7 Å². The topological polar surface area (TPSA) is 86.6 Å². The minimum Gasteiger partial charge on any atom is -0.495 e. The van der Waals surface area contributed by atoms with Crippen molar-refractivity contribution in [3.63, 3.8) is 0 Å². The number of aromatic nitrogens is 2. The smallest absolute Gasteiger partial charge is 0.318 e. The Balaban J connectivity index is 1.84. The highest BCUT2D eigenvalue weighted by Gasteiger charge is 2.18. The third-order valence-electron chi connectivity index (χ3n) is 3.17. The number of nitrogen functional groups attached to an aromatic ring is 1. The van der Waals surface area contributed by atoms with Gasteiger partial charge in [0.05, 0.1) is 26.0 Å². The van der Waals surface area contributed by atoms with Crippen molar-refractivity contribution in [2.24, 2.45) is 0 Å². The van der Waals surface area contributed by atoms with E-state index in [1.54, 1.807) is 19.2 Å². The maximum absolute atomic E-state index is 5.88. The molecule has 1 aliphatic heterocycles. The molecule has 1 aromatic carbocycles. The SMILES string of the molecule is COc1ccc(-c2nnc(N3CCOCC3)o2)cc1N. The van der Waals surface area contributed by atoms with Crippen LogP contribution in [-0.2, 0) is 4.74 Å². The summed E-state index contributed by atoms with van der Waals surface area (Å²) >= 11 is 0. The standard InChI is InChI=1S/C13H16N4O3/c1-18-11-3-2-9(8-10(11)14)12-15-16-13(20-12)17-4-6-19-7-5-17/h2-3,8H,4-7,14H2,1H3. The third kappa shape index (κ3) is 2.39. The molecule has 3 rings (SSSR count). The van der Waals surface area contributed by atoms with Crippen LogP contribution in [0.1, 0.15) is 0 Å². The van der Waals surface area contributed by atoms with Gasteiger partial charge in [0.1, 0.15) is 5.75 Å². The zero-order valence-electron chi connectivity index (χ0n) is 11.2. The molecule has 0 unspecified atom stereocenters. The van der Waals surface area contributed by atoms with E-state index in [0.29, 0.717) is 36.6 Å². The second kappa shape index (κ2) is 5.38. The summed E-state index contributed by atoms with van der Waals surface area (Å²) in [6.07, 6.45) is 0. The van der Waals surface area contributed by atoms with Crippen molar-refractivity contribution in [1.82, 2.24) is 10.2 Å². The summed E-state index contributed by atoms with van der Waals surface area (Å²) < 4.78 is 16.1. The largest absolute Gasteiger partial charge is 0.495 e. The Morgan fingerprint density at radius 2 is 2.05 bits per heavy atom. The van der Waals surface area contributed by atoms with Crippen molar-refractivity contribution in [3.05, 3.63) is 18.2 Å². The molecule has 0 aliphatic carbocycles. The predicted molar refractivity (Wildman–Crippen MR) is 73.7 cm³/mol. The van der Waals surface area contributed by atoms with E-state index in [1.165, 1.54) is 0 Å². The lowest BCUT2D eigenvalue weighted by Crippen LogP contribution is -2.36. The molecule has 2 N–H and O–H groups in total. The van der Waals surface area contributed by atoms with Gasteiger partial charge in [-0.3, -0.25) is 0 Å². The number of rotatable bonds is 3. The molecule has 1 fully saturated rings. The van der Waals surface area contributed by atoms with Crippen LogP contribution in [0.2, 0.25) is 0 Å². The van der Waals surface area contributed by atoms with E-state index >= 15 is 0 Å².